The number of hydrogen-bond acceptors (Lipinski definition) is 5. The maximum absolute atomic E-state index is 12.4. The van der Waals surface area contributed by atoms with Crippen molar-refractivity contribution < 1.29 is 23.9 Å². The van der Waals surface area contributed by atoms with Gasteiger partial charge in [-0.1, -0.05) is 24.3 Å². The van der Waals surface area contributed by atoms with Gasteiger partial charge in [0.2, 0.25) is 0 Å². The average Bonchev–Trinajstić information content (AvgIpc) is 2.78. The second kappa shape index (κ2) is 8.84. The molecule has 0 heterocycles. The van der Waals surface area contributed by atoms with Gasteiger partial charge in [-0.2, -0.15) is 0 Å². The second-order valence-corrected chi connectivity index (χ2v) is 6.14. The Morgan fingerprint density at radius 3 is 1.97 bits per heavy atom. The summed E-state index contributed by atoms with van der Waals surface area (Å²) >= 11 is 0. The molecule has 0 fully saturated rings. The lowest BCUT2D eigenvalue weighted by molar-refractivity contribution is 0.0734. The van der Waals surface area contributed by atoms with Crippen molar-refractivity contribution in [2.75, 3.05) is 14.2 Å². The molecule has 3 aromatic rings. The summed E-state index contributed by atoms with van der Waals surface area (Å²) in [6, 6.07) is 18.9. The van der Waals surface area contributed by atoms with Crippen molar-refractivity contribution >= 4 is 18.2 Å². The predicted octanol–water partition coefficient (Wildman–Crippen LogP) is 3.75. The summed E-state index contributed by atoms with van der Waals surface area (Å²) in [5.74, 6) is 0.126. The zero-order chi connectivity index (χ0) is 20.8. The van der Waals surface area contributed by atoms with E-state index in [1.165, 1.54) is 25.2 Å². The Hall–Kier alpha value is -3.93. The van der Waals surface area contributed by atoms with Crippen LogP contribution in [0.2, 0.25) is 0 Å². The van der Waals surface area contributed by atoms with E-state index in [0.717, 1.165) is 16.9 Å². The minimum Gasteiger partial charge on any atom is -0.497 e. The summed E-state index contributed by atoms with van der Waals surface area (Å²) < 4.78 is 10.5. The quantitative estimate of drug-likeness (QED) is 0.394. The largest absolute Gasteiger partial charge is 0.497 e. The number of carbonyl (C=O) groups excluding carboxylic acids is 3. The van der Waals surface area contributed by atoms with Gasteiger partial charge in [-0.3, -0.25) is 9.59 Å². The Kier molecular flexibility index (Phi) is 6.04. The predicted molar refractivity (Wildman–Crippen MR) is 109 cm³/mol. The molecule has 29 heavy (non-hydrogen) atoms. The number of rotatable bonds is 6. The van der Waals surface area contributed by atoms with Crippen molar-refractivity contribution in [3.8, 4) is 22.6 Å². The van der Waals surface area contributed by atoms with E-state index in [1.54, 1.807) is 19.2 Å². The zero-order valence-electron chi connectivity index (χ0n) is 16.0. The standard InChI is InChI=1S/C23H19NO5/c1-24-22(26)21-12-7-17(13-18(21)14-25)23(27)29-20-10-5-16(6-11-20)15-3-8-19(28-2)9-4-15/h3-14H,1-2H3,(H,24,26). The number of ether oxygens (including phenoxy) is 2. The van der Waals surface area contributed by atoms with Crippen molar-refractivity contribution in [3.63, 3.8) is 0 Å². The van der Waals surface area contributed by atoms with E-state index in [4.69, 9.17) is 9.47 Å². The van der Waals surface area contributed by atoms with Gasteiger partial charge in [0.15, 0.2) is 6.29 Å². The van der Waals surface area contributed by atoms with Crippen LogP contribution in [0.3, 0.4) is 0 Å². The van der Waals surface area contributed by atoms with Gasteiger partial charge in [-0.25, -0.2) is 4.79 Å². The van der Waals surface area contributed by atoms with E-state index in [0.29, 0.717) is 12.0 Å². The molecule has 0 aliphatic heterocycles. The van der Waals surface area contributed by atoms with Crippen LogP contribution in [0.25, 0.3) is 11.1 Å². The Labute approximate surface area is 168 Å². The average molecular weight is 389 g/mol. The van der Waals surface area contributed by atoms with Crippen LogP contribution < -0.4 is 14.8 Å². The van der Waals surface area contributed by atoms with E-state index in [1.807, 2.05) is 36.4 Å². The molecular formula is C23H19NO5. The van der Waals surface area contributed by atoms with E-state index in [-0.39, 0.29) is 16.7 Å². The fraction of sp³-hybridized carbons (Fsp3) is 0.0870. The number of carbonyl (C=O) groups is 3. The second-order valence-electron chi connectivity index (χ2n) is 6.14. The van der Waals surface area contributed by atoms with Gasteiger partial charge in [0.05, 0.1) is 12.7 Å². The van der Waals surface area contributed by atoms with Gasteiger partial charge in [0, 0.05) is 18.2 Å². The number of hydrogen-bond donors (Lipinski definition) is 1. The first kappa shape index (κ1) is 19.8. The third kappa shape index (κ3) is 4.50. The van der Waals surface area contributed by atoms with Crippen molar-refractivity contribution in [1.29, 1.82) is 0 Å². The lowest BCUT2D eigenvalue weighted by atomic mass is 10.0. The Balaban J connectivity index is 1.75. The van der Waals surface area contributed by atoms with Crippen LogP contribution >= 0.6 is 0 Å². The van der Waals surface area contributed by atoms with Gasteiger partial charge in [0.25, 0.3) is 5.91 Å². The highest BCUT2D eigenvalue weighted by molar-refractivity contribution is 6.03. The van der Waals surface area contributed by atoms with Gasteiger partial charge in [0.1, 0.15) is 11.5 Å². The van der Waals surface area contributed by atoms with Gasteiger partial charge < -0.3 is 14.8 Å². The van der Waals surface area contributed by atoms with E-state index < -0.39 is 11.9 Å². The number of aldehydes is 1. The molecular weight excluding hydrogens is 370 g/mol. The molecule has 6 nitrogen and oxygen atoms in total. The van der Waals surface area contributed by atoms with Crippen LogP contribution in [-0.4, -0.2) is 32.3 Å². The van der Waals surface area contributed by atoms with Crippen molar-refractivity contribution in [3.05, 3.63) is 83.4 Å². The van der Waals surface area contributed by atoms with E-state index in [2.05, 4.69) is 5.32 Å². The minimum absolute atomic E-state index is 0.119. The summed E-state index contributed by atoms with van der Waals surface area (Å²) in [6.07, 6.45) is 0.533. The highest BCUT2D eigenvalue weighted by atomic mass is 16.5. The maximum atomic E-state index is 12.4. The van der Waals surface area contributed by atoms with Crippen molar-refractivity contribution in [2.45, 2.75) is 0 Å². The lowest BCUT2D eigenvalue weighted by Crippen LogP contribution is -2.20. The van der Waals surface area contributed by atoms with Crippen LogP contribution in [0, 0.1) is 0 Å². The number of nitrogens with one attached hydrogen (secondary N) is 1. The van der Waals surface area contributed by atoms with Crippen LogP contribution in [0.5, 0.6) is 11.5 Å². The summed E-state index contributed by atoms with van der Waals surface area (Å²) in [4.78, 5) is 35.4. The molecule has 0 saturated heterocycles. The van der Waals surface area contributed by atoms with Crippen LogP contribution in [0.4, 0.5) is 0 Å². The molecule has 0 bridgehead atoms. The van der Waals surface area contributed by atoms with Gasteiger partial charge >= 0.3 is 5.97 Å². The van der Waals surface area contributed by atoms with E-state index >= 15 is 0 Å². The first-order chi connectivity index (χ1) is 14.0. The highest BCUT2D eigenvalue weighted by Gasteiger charge is 2.15. The molecule has 3 aromatic carbocycles. The molecule has 146 valence electrons. The molecule has 1 N–H and O–H groups in total. The Morgan fingerprint density at radius 2 is 1.45 bits per heavy atom. The number of esters is 1. The van der Waals surface area contributed by atoms with Gasteiger partial charge in [-0.15, -0.1) is 0 Å². The lowest BCUT2D eigenvalue weighted by Gasteiger charge is -2.08. The SMILES string of the molecule is CNC(=O)c1ccc(C(=O)Oc2ccc(-c3ccc(OC)cc3)cc2)cc1C=O. The van der Waals surface area contributed by atoms with Gasteiger partial charge in [-0.05, 0) is 53.6 Å². The van der Waals surface area contributed by atoms with Crippen LogP contribution in [0.15, 0.2) is 66.7 Å². The maximum Gasteiger partial charge on any atom is 0.343 e. The molecule has 6 heteroatoms. The first-order valence-corrected chi connectivity index (χ1v) is 8.83. The Bertz CT molecular complexity index is 1040. The molecule has 0 saturated carbocycles. The van der Waals surface area contributed by atoms with Crippen LogP contribution in [-0.2, 0) is 0 Å². The van der Waals surface area contributed by atoms with E-state index in [9.17, 15) is 14.4 Å². The molecule has 0 radical (unpaired) electrons. The summed E-state index contributed by atoms with van der Waals surface area (Å²) in [6.45, 7) is 0. The third-order valence-electron chi connectivity index (χ3n) is 4.37. The fourth-order valence-electron chi connectivity index (χ4n) is 2.79. The minimum atomic E-state index is -0.617. The molecule has 0 atom stereocenters. The molecule has 0 spiro atoms. The number of amides is 1. The monoisotopic (exact) mass is 389 g/mol. The first-order valence-electron chi connectivity index (χ1n) is 8.83. The molecule has 1 amide bonds. The molecule has 0 aromatic heterocycles. The number of benzene rings is 3. The topological polar surface area (TPSA) is 81.7 Å². The zero-order valence-corrected chi connectivity index (χ0v) is 16.0. The number of methoxy groups -OCH3 is 1. The van der Waals surface area contributed by atoms with Crippen LogP contribution in [0.1, 0.15) is 31.1 Å². The molecule has 0 aliphatic rings. The molecule has 0 aliphatic carbocycles. The molecule has 0 unspecified atom stereocenters. The molecule has 3 rings (SSSR count). The highest BCUT2D eigenvalue weighted by Crippen LogP contribution is 2.25. The van der Waals surface area contributed by atoms with Crippen molar-refractivity contribution in [2.24, 2.45) is 0 Å². The smallest absolute Gasteiger partial charge is 0.343 e. The third-order valence-corrected chi connectivity index (χ3v) is 4.37. The fourth-order valence-corrected chi connectivity index (χ4v) is 2.79. The Morgan fingerprint density at radius 1 is 0.862 bits per heavy atom. The summed E-state index contributed by atoms with van der Waals surface area (Å²) in [5.41, 5.74) is 2.46. The summed E-state index contributed by atoms with van der Waals surface area (Å²) in [5, 5.41) is 2.45. The van der Waals surface area contributed by atoms with Crippen molar-refractivity contribution in [1.82, 2.24) is 5.32 Å². The normalized spacial score (nSPS) is 10.1. The summed E-state index contributed by atoms with van der Waals surface area (Å²) in [7, 11) is 3.08.